The van der Waals surface area contributed by atoms with E-state index in [0.29, 0.717) is 13.0 Å². The van der Waals surface area contributed by atoms with Crippen LogP contribution in [0.3, 0.4) is 0 Å². The molecule has 2 rings (SSSR count). The zero-order chi connectivity index (χ0) is 18.1. The summed E-state index contributed by atoms with van der Waals surface area (Å²) in [5.74, 6) is -0.687. The fourth-order valence-corrected chi connectivity index (χ4v) is 2.99. The first kappa shape index (κ1) is 19.4. The molecular formula is C19H21IN2O3. The predicted octanol–water partition coefficient (Wildman–Crippen LogP) is 2.28. The van der Waals surface area contributed by atoms with Crippen LogP contribution in [0.2, 0.25) is 0 Å². The van der Waals surface area contributed by atoms with Crippen LogP contribution in [0.5, 0.6) is 0 Å². The van der Waals surface area contributed by atoms with Crippen LogP contribution in [0.25, 0.3) is 0 Å². The number of ether oxygens (including phenoxy) is 1. The molecule has 0 bridgehead atoms. The summed E-state index contributed by atoms with van der Waals surface area (Å²) in [7, 11) is 1.32. The van der Waals surface area contributed by atoms with Crippen LogP contribution >= 0.6 is 22.6 Å². The molecule has 1 unspecified atom stereocenters. The summed E-state index contributed by atoms with van der Waals surface area (Å²) in [4.78, 5) is 24.2. The van der Waals surface area contributed by atoms with Gasteiger partial charge in [-0.15, -0.1) is 0 Å². The first-order valence-corrected chi connectivity index (χ1v) is 9.03. The van der Waals surface area contributed by atoms with Crippen LogP contribution in [-0.4, -0.2) is 31.6 Å². The molecule has 0 spiro atoms. The quantitative estimate of drug-likeness (QED) is 0.477. The Hall–Kier alpha value is -1.93. The number of carbonyl (C=O) groups is 2. The van der Waals surface area contributed by atoms with Crippen molar-refractivity contribution < 1.29 is 14.3 Å². The highest BCUT2D eigenvalue weighted by Crippen LogP contribution is 2.14. The number of rotatable bonds is 8. The fraction of sp³-hybridized carbons (Fsp3) is 0.263. The number of methoxy groups -OCH3 is 1. The van der Waals surface area contributed by atoms with Crippen molar-refractivity contribution in [3.8, 4) is 0 Å². The topological polar surface area (TPSA) is 67.4 Å². The molecule has 2 aromatic rings. The Kier molecular flexibility index (Phi) is 7.87. The Morgan fingerprint density at radius 3 is 2.44 bits per heavy atom. The van der Waals surface area contributed by atoms with Crippen molar-refractivity contribution >= 4 is 34.5 Å². The highest BCUT2D eigenvalue weighted by atomic mass is 127. The summed E-state index contributed by atoms with van der Waals surface area (Å²) < 4.78 is 5.87. The van der Waals surface area contributed by atoms with E-state index in [4.69, 9.17) is 4.74 Å². The Labute approximate surface area is 161 Å². The molecule has 0 aliphatic rings. The van der Waals surface area contributed by atoms with Crippen molar-refractivity contribution in [1.29, 1.82) is 0 Å². The number of benzene rings is 2. The second-order valence-electron chi connectivity index (χ2n) is 5.53. The highest BCUT2D eigenvalue weighted by Gasteiger charge is 2.22. The van der Waals surface area contributed by atoms with Gasteiger partial charge in [0.1, 0.15) is 6.04 Å². The number of hydrogen-bond acceptors (Lipinski definition) is 4. The SMILES string of the molecule is COC(=O)C(Cc1ccccc1I)NC(=O)CNCc1ccccc1. The third-order valence-corrected chi connectivity index (χ3v) is 4.71. The fourth-order valence-electron chi connectivity index (χ4n) is 2.38. The zero-order valence-corrected chi connectivity index (χ0v) is 16.2. The molecule has 25 heavy (non-hydrogen) atoms. The summed E-state index contributed by atoms with van der Waals surface area (Å²) in [5.41, 5.74) is 2.09. The van der Waals surface area contributed by atoms with Gasteiger partial charge in [-0.25, -0.2) is 4.79 Å². The van der Waals surface area contributed by atoms with Gasteiger partial charge in [0.2, 0.25) is 5.91 Å². The van der Waals surface area contributed by atoms with Crippen LogP contribution in [0.15, 0.2) is 54.6 Å². The lowest BCUT2D eigenvalue weighted by Gasteiger charge is -2.17. The molecule has 0 fully saturated rings. The molecule has 0 aliphatic carbocycles. The minimum Gasteiger partial charge on any atom is -0.467 e. The monoisotopic (exact) mass is 452 g/mol. The number of carbonyl (C=O) groups excluding carboxylic acids is 2. The average molecular weight is 452 g/mol. The minimum atomic E-state index is -0.702. The van der Waals surface area contributed by atoms with Gasteiger partial charge in [0.15, 0.2) is 0 Å². The smallest absolute Gasteiger partial charge is 0.328 e. The Morgan fingerprint density at radius 1 is 1.08 bits per heavy atom. The number of amides is 1. The molecule has 0 saturated heterocycles. The second-order valence-corrected chi connectivity index (χ2v) is 6.69. The van der Waals surface area contributed by atoms with Crippen molar-refractivity contribution in [2.24, 2.45) is 0 Å². The van der Waals surface area contributed by atoms with Gasteiger partial charge in [0.25, 0.3) is 0 Å². The van der Waals surface area contributed by atoms with E-state index in [1.807, 2.05) is 54.6 Å². The molecule has 132 valence electrons. The van der Waals surface area contributed by atoms with Crippen molar-refractivity contribution in [2.45, 2.75) is 19.0 Å². The maximum atomic E-state index is 12.2. The van der Waals surface area contributed by atoms with E-state index in [1.165, 1.54) is 7.11 Å². The van der Waals surface area contributed by atoms with E-state index in [-0.39, 0.29) is 12.5 Å². The average Bonchev–Trinajstić information content (AvgIpc) is 2.63. The van der Waals surface area contributed by atoms with Crippen molar-refractivity contribution in [1.82, 2.24) is 10.6 Å². The Morgan fingerprint density at radius 2 is 1.76 bits per heavy atom. The summed E-state index contributed by atoms with van der Waals surface area (Å²) in [6.07, 6.45) is 0.399. The van der Waals surface area contributed by atoms with Crippen LogP contribution in [0.1, 0.15) is 11.1 Å². The predicted molar refractivity (Wildman–Crippen MR) is 105 cm³/mol. The molecule has 0 aromatic heterocycles. The van der Waals surface area contributed by atoms with E-state index in [2.05, 4.69) is 33.2 Å². The maximum Gasteiger partial charge on any atom is 0.328 e. The third kappa shape index (κ3) is 6.47. The van der Waals surface area contributed by atoms with Gasteiger partial charge in [-0.3, -0.25) is 4.79 Å². The van der Waals surface area contributed by atoms with Crippen LogP contribution < -0.4 is 10.6 Å². The summed E-state index contributed by atoms with van der Waals surface area (Å²) >= 11 is 2.21. The molecule has 0 radical (unpaired) electrons. The summed E-state index contributed by atoms with van der Waals surface area (Å²) in [6.45, 7) is 0.724. The van der Waals surface area contributed by atoms with E-state index < -0.39 is 12.0 Å². The molecule has 5 nitrogen and oxygen atoms in total. The molecule has 6 heteroatoms. The molecule has 1 atom stereocenters. The number of halogens is 1. The van der Waals surface area contributed by atoms with Gasteiger partial charge in [0.05, 0.1) is 13.7 Å². The Balaban J connectivity index is 1.89. The number of hydrogen-bond donors (Lipinski definition) is 2. The van der Waals surface area contributed by atoms with Gasteiger partial charge >= 0.3 is 5.97 Å². The molecule has 0 aliphatic heterocycles. The van der Waals surface area contributed by atoms with Gasteiger partial charge < -0.3 is 15.4 Å². The lowest BCUT2D eigenvalue weighted by Crippen LogP contribution is -2.46. The van der Waals surface area contributed by atoms with E-state index in [9.17, 15) is 9.59 Å². The van der Waals surface area contributed by atoms with Crippen LogP contribution in [0, 0.1) is 3.57 Å². The van der Waals surface area contributed by atoms with Gasteiger partial charge in [-0.05, 0) is 39.8 Å². The lowest BCUT2D eigenvalue weighted by molar-refractivity contribution is -0.144. The van der Waals surface area contributed by atoms with Crippen molar-refractivity contribution in [3.05, 3.63) is 69.3 Å². The molecule has 0 heterocycles. The normalized spacial score (nSPS) is 11.6. The first-order chi connectivity index (χ1) is 12.1. The van der Waals surface area contributed by atoms with Crippen molar-refractivity contribution in [2.75, 3.05) is 13.7 Å². The Bertz CT molecular complexity index is 707. The second kappa shape index (κ2) is 10.1. The highest BCUT2D eigenvalue weighted by molar-refractivity contribution is 14.1. The largest absolute Gasteiger partial charge is 0.467 e. The third-order valence-electron chi connectivity index (χ3n) is 3.66. The first-order valence-electron chi connectivity index (χ1n) is 7.95. The van der Waals surface area contributed by atoms with Crippen LogP contribution in [0.4, 0.5) is 0 Å². The van der Waals surface area contributed by atoms with E-state index >= 15 is 0 Å². The van der Waals surface area contributed by atoms with Crippen LogP contribution in [-0.2, 0) is 27.3 Å². The van der Waals surface area contributed by atoms with Gasteiger partial charge in [-0.1, -0.05) is 48.5 Å². The molecule has 1 amide bonds. The molecule has 2 N–H and O–H groups in total. The molecule has 2 aromatic carbocycles. The van der Waals surface area contributed by atoms with Crippen molar-refractivity contribution in [3.63, 3.8) is 0 Å². The molecule has 0 saturated carbocycles. The van der Waals surface area contributed by atoms with Gasteiger partial charge in [-0.2, -0.15) is 0 Å². The van der Waals surface area contributed by atoms with E-state index in [0.717, 1.165) is 14.7 Å². The summed E-state index contributed by atoms with van der Waals surface area (Å²) in [6, 6.07) is 16.9. The number of esters is 1. The summed E-state index contributed by atoms with van der Waals surface area (Å²) in [5, 5.41) is 5.82. The molecular weight excluding hydrogens is 431 g/mol. The minimum absolute atomic E-state index is 0.133. The zero-order valence-electron chi connectivity index (χ0n) is 14.0. The number of nitrogens with one attached hydrogen (secondary N) is 2. The maximum absolute atomic E-state index is 12.2. The lowest BCUT2D eigenvalue weighted by atomic mass is 10.1. The standard InChI is InChI=1S/C19H21IN2O3/c1-25-19(24)17(11-15-9-5-6-10-16(15)20)22-18(23)13-21-12-14-7-3-2-4-8-14/h2-10,17,21H,11-13H2,1H3,(H,22,23). The van der Waals surface area contributed by atoms with E-state index in [1.54, 1.807) is 0 Å². The van der Waals surface area contributed by atoms with Gasteiger partial charge in [0, 0.05) is 16.5 Å².